The van der Waals surface area contributed by atoms with Crippen molar-refractivity contribution in [3.63, 3.8) is 0 Å². The zero-order valence-electron chi connectivity index (χ0n) is 34.3. The molecule has 12 heteroatoms. The number of furan rings is 1. The number of aliphatic hydroxyl groups excluding tert-OH is 1. The summed E-state index contributed by atoms with van der Waals surface area (Å²) in [5.41, 5.74) is 0.580. The highest BCUT2D eigenvalue weighted by Crippen LogP contribution is 2.59. The van der Waals surface area contributed by atoms with Gasteiger partial charge in [0, 0.05) is 29.6 Å². The molecule has 1 aromatic heterocycles. The third-order valence-corrected chi connectivity index (χ3v) is 12.7. The van der Waals surface area contributed by atoms with Crippen molar-refractivity contribution in [2.75, 3.05) is 27.3 Å². The summed E-state index contributed by atoms with van der Waals surface area (Å²) in [4.78, 5) is 30.5. The molecule has 1 amide bonds. The molecule has 7 rings (SSSR count). The number of carbonyl (C=O) groups excluding carboxylic acids is 2. The molecule has 3 aromatic carbocycles. The Balaban J connectivity index is 1.38. The van der Waals surface area contributed by atoms with Gasteiger partial charge >= 0.3 is 6.18 Å². The second-order valence-corrected chi connectivity index (χ2v) is 16.7. The van der Waals surface area contributed by atoms with Crippen LogP contribution in [-0.2, 0) is 23.8 Å². The molecule has 316 valence electrons. The number of hydrogen-bond acceptors (Lipinski definition) is 7. The topological polar surface area (TPSA) is 109 Å². The first-order chi connectivity index (χ1) is 28.0. The largest absolute Gasteiger partial charge is 0.493 e. The molecule has 0 spiro atoms. The van der Waals surface area contributed by atoms with E-state index in [0.717, 1.165) is 34.9 Å². The number of halogens is 4. The van der Waals surface area contributed by atoms with Crippen LogP contribution in [0.1, 0.15) is 110 Å². The second-order valence-electron chi connectivity index (χ2n) is 16.3. The number of fused-ring (bicyclic) bond motifs is 8. The Morgan fingerprint density at radius 3 is 2.46 bits per heavy atom. The fourth-order valence-corrected chi connectivity index (χ4v) is 9.19. The maximum absolute atomic E-state index is 14.6. The van der Waals surface area contributed by atoms with Gasteiger partial charge in [-0.1, -0.05) is 55.3 Å². The van der Waals surface area contributed by atoms with Gasteiger partial charge in [0.2, 0.25) is 11.7 Å². The Labute approximate surface area is 349 Å². The maximum Gasteiger partial charge on any atom is 0.416 e. The van der Waals surface area contributed by atoms with Gasteiger partial charge in [0.05, 0.1) is 42.9 Å². The van der Waals surface area contributed by atoms with E-state index in [4.69, 9.17) is 25.5 Å². The Morgan fingerprint density at radius 2 is 1.75 bits per heavy atom. The highest BCUT2D eigenvalue weighted by molar-refractivity contribution is 6.33. The monoisotopic (exact) mass is 835 g/mol. The Hall–Kier alpha value is -4.58. The minimum atomic E-state index is -4.61. The molecule has 0 unspecified atom stereocenters. The number of allylic oxidation sites excluding steroid dienone is 2. The number of carbonyl (C=O) groups is 2. The van der Waals surface area contributed by atoms with Gasteiger partial charge in [0.25, 0.3) is 0 Å². The molecule has 0 saturated heterocycles. The molecule has 3 aliphatic carbocycles. The lowest BCUT2D eigenvalue weighted by atomic mass is 9.64. The Bertz CT molecular complexity index is 2200. The van der Waals surface area contributed by atoms with Crippen LogP contribution in [0.2, 0.25) is 5.02 Å². The molecule has 0 radical (unpaired) electrons. The number of nitrogens with zero attached hydrogens (tertiary/aromatic N) is 1. The first kappa shape index (κ1) is 44.0. The number of hydrogen-bond donors (Lipinski definition) is 2. The van der Waals surface area contributed by atoms with Crippen molar-refractivity contribution < 1.29 is 46.9 Å². The third-order valence-electron chi connectivity index (χ3n) is 12.4. The van der Waals surface area contributed by atoms with Crippen molar-refractivity contribution in [2.45, 2.75) is 102 Å². The second kappa shape index (κ2) is 18.0. The van der Waals surface area contributed by atoms with Crippen LogP contribution in [0, 0.1) is 5.41 Å². The van der Waals surface area contributed by atoms with E-state index < -0.39 is 34.6 Å². The van der Waals surface area contributed by atoms with Gasteiger partial charge in [-0.15, -0.1) is 0 Å². The van der Waals surface area contributed by atoms with Crippen molar-refractivity contribution in [2.24, 2.45) is 5.41 Å². The summed E-state index contributed by atoms with van der Waals surface area (Å²) in [5.74, 6) is 0.0462. The molecular weight excluding hydrogens is 783 g/mol. The summed E-state index contributed by atoms with van der Waals surface area (Å²) in [6, 6.07) is 16.8. The zero-order valence-corrected chi connectivity index (χ0v) is 35.0. The highest BCUT2D eigenvalue weighted by atomic mass is 35.5. The van der Waals surface area contributed by atoms with Crippen LogP contribution in [0.15, 0.2) is 82.8 Å². The SMILES string of the molecule is CCCN(C[C@]1(O)CC[C@H]2c3ccc(cc3C(=O)c3ccc(-c4cc(C(F)(F)F)ccc4Cl)o3)C[C@@H](O)CCC(C)=CCC[C@@]21C)C(=O)Cc1ccc(OC)c(OC)c1. The number of alkyl halides is 3. The summed E-state index contributed by atoms with van der Waals surface area (Å²) in [7, 11) is 3.09. The number of benzene rings is 3. The number of amides is 1. The fraction of sp³-hybridized carbons (Fsp3) is 0.447. The molecule has 1 heterocycles. The molecule has 8 nitrogen and oxygen atoms in total. The molecule has 2 N–H and O–H groups in total. The van der Waals surface area contributed by atoms with Gasteiger partial charge < -0.3 is 29.0 Å². The number of aliphatic hydroxyl groups is 2. The van der Waals surface area contributed by atoms with E-state index in [1.165, 1.54) is 12.1 Å². The van der Waals surface area contributed by atoms with Crippen molar-refractivity contribution >= 4 is 23.3 Å². The predicted molar refractivity (Wildman–Crippen MR) is 221 cm³/mol. The summed E-state index contributed by atoms with van der Waals surface area (Å²) in [6.45, 7) is 6.62. The minimum Gasteiger partial charge on any atom is -0.493 e. The Kier molecular flexibility index (Phi) is 13.4. The van der Waals surface area contributed by atoms with Crippen LogP contribution >= 0.6 is 11.6 Å². The van der Waals surface area contributed by atoms with E-state index in [0.29, 0.717) is 80.5 Å². The van der Waals surface area contributed by atoms with Gasteiger partial charge in [-0.05, 0) is 129 Å². The van der Waals surface area contributed by atoms with Gasteiger partial charge in [-0.2, -0.15) is 13.2 Å². The lowest BCUT2D eigenvalue weighted by Crippen LogP contribution is -2.54. The van der Waals surface area contributed by atoms with E-state index in [1.54, 1.807) is 37.3 Å². The van der Waals surface area contributed by atoms with E-state index in [-0.39, 0.29) is 46.9 Å². The molecule has 3 aliphatic rings. The minimum absolute atomic E-state index is 0.00110. The van der Waals surface area contributed by atoms with Crippen LogP contribution in [0.25, 0.3) is 11.3 Å². The summed E-state index contributed by atoms with van der Waals surface area (Å²) >= 11 is 6.34. The first-order valence-electron chi connectivity index (χ1n) is 20.2. The molecule has 1 fully saturated rings. The number of ketones is 1. The fourth-order valence-electron chi connectivity index (χ4n) is 8.98. The van der Waals surface area contributed by atoms with Crippen LogP contribution in [0.4, 0.5) is 13.2 Å². The molecular formula is C47H53ClF3NO7. The smallest absolute Gasteiger partial charge is 0.416 e. The average Bonchev–Trinajstić information content (AvgIpc) is 3.78. The van der Waals surface area contributed by atoms with Crippen molar-refractivity contribution in [1.29, 1.82) is 0 Å². The zero-order chi connectivity index (χ0) is 42.7. The number of methoxy groups -OCH3 is 2. The van der Waals surface area contributed by atoms with Crippen LogP contribution < -0.4 is 9.47 Å². The van der Waals surface area contributed by atoms with Gasteiger partial charge in [0.1, 0.15) is 5.76 Å². The van der Waals surface area contributed by atoms with E-state index in [1.807, 2.05) is 32.0 Å². The van der Waals surface area contributed by atoms with E-state index in [9.17, 15) is 33.0 Å². The lowest BCUT2D eigenvalue weighted by Gasteiger charge is -2.46. The van der Waals surface area contributed by atoms with Crippen LogP contribution in [0.3, 0.4) is 0 Å². The predicted octanol–water partition coefficient (Wildman–Crippen LogP) is 10.4. The Morgan fingerprint density at radius 1 is 0.983 bits per heavy atom. The number of rotatable bonds is 11. The third kappa shape index (κ3) is 9.42. The summed E-state index contributed by atoms with van der Waals surface area (Å²) < 4.78 is 57.7. The summed E-state index contributed by atoms with van der Waals surface area (Å²) in [5, 5.41) is 24.0. The molecule has 0 aliphatic heterocycles. The average molecular weight is 836 g/mol. The molecule has 4 atom stereocenters. The molecule has 1 saturated carbocycles. The quantitative estimate of drug-likeness (QED) is 0.114. The first-order valence-corrected chi connectivity index (χ1v) is 20.6. The lowest BCUT2D eigenvalue weighted by molar-refractivity contribution is -0.139. The van der Waals surface area contributed by atoms with Gasteiger partial charge in [0.15, 0.2) is 17.3 Å². The standard InChI is InChI=1S/C47H53ClF3NO7/c1-6-22-52(43(54)26-31-11-16-40(57-4)42(25-31)58-5)28-46(56)21-19-37-34-14-10-30(23-33(53)13-9-29(2)8-7-20-45(37,46)3)24-35(34)44(55)41-18-17-39(59-41)36-27-32(47(49,50)51)12-15-38(36)48/h8,10-12,14-18,24-25,27,33,37,53,56H,6-7,9,13,19-23,26,28H2,1-5H3/t33-,37-,45-,46+/m0/s1. The van der Waals surface area contributed by atoms with Crippen LogP contribution in [0.5, 0.6) is 11.5 Å². The van der Waals surface area contributed by atoms with Gasteiger partial charge in [-0.3, -0.25) is 9.59 Å². The van der Waals surface area contributed by atoms with Crippen molar-refractivity contribution in [1.82, 2.24) is 4.90 Å². The van der Waals surface area contributed by atoms with Crippen molar-refractivity contribution in [3.8, 4) is 22.8 Å². The van der Waals surface area contributed by atoms with E-state index >= 15 is 0 Å². The van der Waals surface area contributed by atoms with E-state index in [2.05, 4.69) is 13.0 Å². The maximum atomic E-state index is 14.6. The normalized spacial score (nSPS) is 22.3. The molecule has 2 bridgehead atoms. The summed E-state index contributed by atoms with van der Waals surface area (Å²) in [6.07, 6.45) is 1.23. The highest BCUT2D eigenvalue weighted by Gasteiger charge is 2.57. The molecule has 59 heavy (non-hydrogen) atoms. The molecule has 4 aromatic rings. The van der Waals surface area contributed by atoms with Gasteiger partial charge in [-0.25, -0.2) is 0 Å². The van der Waals surface area contributed by atoms with Crippen LogP contribution in [-0.4, -0.2) is 65.8 Å². The number of ether oxygens (including phenoxy) is 2. The van der Waals surface area contributed by atoms with Crippen molar-refractivity contribution in [3.05, 3.63) is 117 Å².